The summed E-state index contributed by atoms with van der Waals surface area (Å²) in [4.78, 5) is 12.1. The van der Waals surface area contributed by atoms with Crippen molar-refractivity contribution in [2.75, 3.05) is 13.2 Å². The Labute approximate surface area is 137 Å². The van der Waals surface area contributed by atoms with Crippen LogP contribution in [0.4, 0.5) is 13.2 Å². The fraction of sp³-hybridized carbons (Fsp3) is 0.278. The smallest absolute Gasteiger partial charge is 0.416 e. The molecule has 1 atom stereocenters. The highest BCUT2D eigenvalue weighted by atomic mass is 19.4. The number of alkyl halides is 3. The van der Waals surface area contributed by atoms with Gasteiger partial charge in [0.05, 0.1) is 12.2 Å². The second-order valence-corrected chi connectivity index (χ2v) is 5.77. The van der Waals surface area contributed by atoms with Crippen LogP contribution in [0.3, 0.4) is 0 Å². The van der Waals surface area contributed by atoms with Gasteiger partial charge >= 0.3 is 6.18 Å². The van der Waals surface area contributed by atoms with E-state index < -0.39 is 11.7 Å². The topological polar surface area (TPSA) is 38.3 Å². The number of carbonyl (C=O) groups is 1. The summed E-state index contributed by atoms with van der Waals surface area (Å²) < 4.78 is 43.2. The summed E-state index contributed by atoms with van der Waals surface area (Å²) in [5.74, 6) is 0.615. The molecule has 126 valence electrons. The molecule has 1 heterocycles. The van der Waals surface area contributed by atoms with E-state index in [4.69, 9.17) is 4.74 Å². The van der Waals surface area contributed by atoms with Gasteiger partial charge in [-0.3, -0.25) is 4.79 Å². The van der Waals surface area contributed by atoms with Crippen LogP contribution < -0.4 is 10.1 Å². The molecule has 0 saturated heterocycles. The van der Waals surface area contributed by atoms with E-state index in [2.05, 4.69) is 5.32 Å². The second-order valence-electron chi connectivity index (χ2n) is 5.77. The van der Waals surface area contributed by atoms with E-state index in [0.717, 1.165) is 29.9 Å². The molecule has 3 nitrogen and oxygen atoms in total. The van der Waals surface area contributed by atoms with Crippen molar-refractivity contribution in [2.45, 2.75) is 12.6 Å². The summed E-state index contributed by atoms with van der Waals surface area (Å²) in [6, 6.07) is 11.9. The standard InChI is InChI=1S/C18H16F3NO2/c19-18(20,21)15-7-5-13(6-8-15)17(23)22-10-12-9-14-3-1-2-4-16(14)24-11-12/h1-8,12H,9-11H2,(H,22,23)/t12-/m0/s1. The molecule has 2 aromatic rings. The fourth-order valence-corrected chi connectivity index (χ4v) is 2.67. The zero-order valence-electron chi connectivity index (χ0n) is 12.8. The van der Waals surface area contributed by atoms with Crippen molar-refractivity contribution < 1.29 is 22.7 Å². The average Bonchev–Trinajstić information content (AvgIpc) is 2.59. The third-order valence-corrected chi connectivity index (χ3v) is 3.98. The van der Waals surface area contributed by atoms with Crippen LogP contribution in [0.25, 0.3) is 0 Å². The summed E-state index contributed by atoms with van der Waals surface area (Å²) >= 11 is 0. The minimum Gasteiger partial charge on any atom is -0.493 e. The van der Waals surface area contributed by atoms with Crippen LogP contribution in [0, 0.1) is 5.92 Å². The van der Waals surface area contributed by atoms with Gasteiger partial charge in [-0.05, 0) is 42.3 Å². The number of para-hydroxylation sites is 1. The van der Waals surface area contributed by atoms with Crippen molar-refractivity contribution in [1.82, 2.24) is 5.32 Å². The molecule has 0 fully saturated rings. The maximum absolute atomic E-state index is 12.5. The van der Waals surface area contributed by atoms with Crippen molar-refractivity contribution in [3.8, 4) is 5.75 Å². The molecule has 0 aromatic heterocycles. The molecule has 2 aromatic carbocycles. The van der Waals surface area contributed by atoms with Crippen molar-refractivity contribution in [1.29, 1.82) is 0 Å². The van der Waals surface area contributed by atoms with E-state index in [1.807, 2.05) is 24.3 Å². The Bertz CT molecular complexity index is 726. The first-order valence-electron chi connectivity index (χ1n) is 7.59. The Morgan fingerprint density at radius 3 is 2.54 bits per heavy atom. The first-order valence-corrected chi connectivity index (χ1v) is 7.59. The Balaban J connectivity index is 1.56. The normalized spacial score (nSPS) is 16.9. The summed E-state index contributed by atoms with van der Waals surface area (Å²) in [6.45, 7) is 0.915. The van der Waals surface area contributed by atoms with Crippen LogP contribution in [0.5, 0.6) is 5.75 Å². The lowest BCUT2D eigenvalue weighted by atomic mass is 9.96. The van der Waals surface area contributed by atoms with Gasteiger partial charge in [-0.2, -0.15) is 13.2 Å². The van der Waals surface area contributed by atoms with Gasteiger partial charge < -0.3 is 10.1 Å². The number of hydrogen-bond donors (Lipinski definition) is 1. The number of nitrogens with one attached hydrogen (secondary N) is 1. The molecule has 0 aliphatic carbocycles. The fourth-order valence-electron chi connectivity index (χ4n) is 2.67. The van der Waals surface area contributed by atoms with Crippen LogP contribution in [0.15, 0.2) is 48.5 Å². The molecular weight excluding hydrogens is 319 g/mol. The average molecular weight is 335 g/mol. The first kappa shape index (κ1) is 16.4. The molecule has 1 aliphatic rings. The summed E-state index contributed by atoms with van der Waals surface area (Å²) in [5.41, 5.74) is 0.536. The number of fused-ring (bicyclic) bond motifs is 1. The van der Waals surface area contributed by atoms with E-state index >= 15 is 0 Å². The third kappa shape index (κ3) is 3.69. The second kappa shape index (κ2) is 6.55. The minimum absolute atomic E-state index is 0.137. The van der Waals surface area contributed by atoms with E-state index in [9.17, 15) is 18.0 Å². The van der Waals surface area contributed by atoms with Crippen LogP contribution in [0.1, 0.15) is 21.5 Å². The molecular formula is C18H16F3NO2. The minimum atomic E-state index is -4.40. The SMILES string of the molecule is O=C(NC[C@H]1COc2ccccc2C1)c1ccc(C(F)(F)F)cc1. The Kier molecular flexibility index (Phi) is 4.46. The highest BCUT2D eigenvalue weighted by Crippen LogP contribution is 2.29. The van der Waals surface area contributed by atoms with Crippen molar-refractivity contribution in [2.24, 2.45) is 5.92 Å². The van der Waals surface area contributed by atoms with E-state index in [1.165, 1.54) is 12.1 Å². The number of halogens is 3. The lowest BCUT2D eigenvalue weighted by Crippen LogP contribution is -2.34. The number of carbonyl (C=O) groups excluding carboxylic acids is 1. The van der Waals surface area contributed by atoms with Crippen molar-refractivity contribution in [3.63, 3.8) is 0 Å². The molecule has 0 radical (unpaired) electrons. The monoisotopic (exact) mass is 335 g/mol. The summed E-state index contributed by atoms with van der Waals surface area (Å²) in [6.07, 6.45) is -3.61. The van der Waals surface area contributed by atoms with Gasteiger partial charge in [0.2, 0.25) is 0 Å². The van der Waals surface area contributed by atoms with E-state index in [0.29, 0.717) is 13.2 Å². The Hall–Kier alpha value is -2.50. The zero-order valence-corrected chi connectivity index (χ0v) is 12.8. The van der Waals surface area contributed by atoms with Gasteiger partial charge in [0.1, 0.15) is 5.75 Å². The predicted octanol–water partition coefficient (Wildman–Crippen LogP) is 3.69. The Morgan fingerprint density at radius 2 is 1.83 bits per heavy atom. The van der Waals surface area contributed by atoms with Crippen molar-refractivity contribution in [3.05, 3.63) is 65.2 Å². The van der Waals surface area contributed by atoms with Gasteiger partial charge in [0.15, 0.2) is 0 Å². The molecule has 0 unspecified atom stereocenters. The zero-order chi connectivity index (χ0) is 17.2. The third-order valence-electron chi connectivity index (χ3n) is 3.98. The van der Waals surface area contributed by atoms with Gasteiger partial charge in [0.25, 0.3) is 5.91 Å². The van der Waals surface area contributed by atoms with Crippen LogP contribution in [0.2, 0.25) is 0 Å². The maximum atomic E-state index is 12.5. The molecule has 1 aliphatic heterocycles. The lowest BCUT2D eigenvalue weighted by molar-refractivity contribution is -0.137. The molecule has 24 heavy (non-hydrogen) atoms. The summed E-state index contributed by atoms with van der Waals surface area (Å²) in [5, 5.41) is 2.76. The highest BCUT2D eigenvalue weighted by molar-refractivity contribution is 5.94. The molecule has 0 bridgehead atoms. The molecule has 6 heteroatoms. The maximum Gasteiger partial charge on any atom is 0.416 e. The first-order chi connectivity index (χ1) is 11.4. The number of amides is 1. The van der Waals surface area contributed by atoms with Gasteiger partial charge in [-0.15, -0.1) is 0 Å². The van der Waals surface area contributed by atoms with Crippen LogP contribution >= 0.6 is 0 Å². The molecule has 1 amide bonds. The van der Waals surface area contributed by atoms with Crippen LogP contribution in [-0.2, 0) is 12.6 Å². The molecule has 1 N–H and O–H groups in total. The van der Waals surface area contributed by atoms with Crippen molar-refractivity contribution >= 4 is 5.91 Å². The highest BCUT2D eigenvalue weighted by Gasteiger charge is 2.30. The largest absolute Gasteiger partial charge is 0.493 e. The number of hydrogen-bond acceptors (Lipinski definition) is 2. The molecule has 0 spiro atoms. The van der Waals surface area contributed by atoms with Crippen LogP contribution in [-0.4, -0.2) is 19.1 Å². The lowest BCUT2D eigenvalue weighted by Gasteiger charge is -2.25. The van der Waals surface area contributed by atoms with Gasteiger partial charge in [-0.25, -0.2) is 0 Å². The number of benzene rings is 2. The van der Waals surface area contributed by atoms with E-state index in [1.54, 1.807) is 0 Å². The quantitative estimate of drug-likeness (QED) is 0.929. The molecule has 3 rings (SSSR count). The Morgan fingerprint density at radius 1 is 1.12 bits per heavy atom. The predicted molar refractivity (Wildman–Crippen MR) is 82.9 cm³/mol. The number of rotatable bonds is 3. The summed E-state index contributed by atoms with van der Waals surface area (Å²) in [7, 11) is 0. The number of ether oxygens (including phenoxy) is 1. The van der Waals surface area contributed by atoms with Gasteiger partial charge in [-0.1, -0.05) is 18.2 Å². The van der Waals surface area contributed by atoms with E-state index in [-0.39, 0.29) is 17.4 Å². The molecule has 0 saturated carbocycles. The van der Waals surface area contributed by atoms with Gasteiger partial charge in [0, 0.05) is 18.0 Å².